The van der Waals surface area contributed by atoms with E-state index in [0.717, 1.165) is 12.1 Å². The molecule has 1 fully saturated rings. The van der Waals surface area contributed by atoms with E-state index in [4.69, 9.17) is 16.3 Å². The Bertz CT molecular complexity index is 528. The number of benzene rings is 1. The number of aliphatic hydroxyl groups is 1. The summed E-state index contributed by atoms with van der Waals surface area (Å²) in [4.78, 5) is 16.0. The molecule has 1 atom stereocenters. The van der Waals surface area contributed by atoms with Gasteiger partial charge in [0.15, 0.2) is 0 Å². The van der Waals surface area contributed by atoms with Crippen LogP contribution in [0.1, 0.15) is 26.3 Å². The molecule has 1 saturated heterocycles. The van der Waals surface area contributed by atoms with Crippen molar-refractivity contribution in [1.29, 1.82) is 0 Å². The molecule has 0 spiro atoms. The number of nitrogens with zero attached hydrogens (tertiary/aromatic N) is 2. The van der Waals surface area contributed by atoms with Crippen LogP contribution < -0.4 is 0 Å². The molecule has 1 heterocycles. The van der Waals surface area contributed by atoms with Gasteiger partial charge in [-0.05, 0) is 38.5 Å². The zero-order valence-corrected chi connectivity index (χ0v) is 14.7. The molecule has 1 N–H and O–H groups in total. The first-order chi connectivity index (χ1) is 10.8. The highest BCUT2D eigenvalue weighted by molar-refractivity contribution is 6.30. The van der Waals surface area contributed by atoms with E-state index in [2.05, 4.69) is 4.90 Å². The van der Waals surface area contributed by atoms with E-state index in [-0.39, 0.29) is 18.7 Å². The van der Waals surface area contributed by atoms with E-state index in [1.165, 1.54) is 0 Å². The third kappa shape index (κ3) is 5.37. The molecule has 1 aliphatic rings. The summed E-state index contributed by atoms with van der Waals surface area (Å²) in [5.41, 5.74) is 0.630. The van der Waals surface area contributed by atoms with Crippen LogP contribution >= 0.6 is 11.6 Å². The van der Waals surface area contributed by atoms with Gasteiger partial charge in [0, 0.05) is 31.2 Å². The van der Waals surface area contributed by atoms with Gasteiger partial charge in [0.2, 0.25) is 0 Å². The maximum atomic E-state index is 12.2. The molecule has 1 aliphatic heterocycles. The van der Waals surface area contributed by atoms with E-state index in [0.29, 0.717) is 24.7 Å². The number of piperazine rings is 1. The van der Waals surface area contributed by atoms with Gasteiger partial charge in [0.1, 0.15) is 5.60 Å². The first-order valence-corrected chi connectivity index (χ1v) is 8.23. The monoisotopic (exact) mass is 340 g/mol. The predicted octanol–water partition coefficient (Wildman–Crippen LogP) is 2.75. The summed E-state index contributed by atoms with van der Waals surface area (Å²) in [7, 11) is 0. The quantitative estimate of drug-likeness (QED) is 0.919. The van der Waals surface area contributed by atoms with Crippen LogP contribution in [0.5, 0.6) is 0 Å². The summed E-state index contributed by atoms with van der Waals surface area (Å²) >= 11 is 5.91. The summed E-state index contributed by atoms with van der Waals surface area (Å²) in [6.07, 6.45) is -0.318. The maximum Gasteiger partial charge on any atom is 0.410 e. The molecule has 128 valence electrons. The standard InChI is InChI=1S/C17H25ClN2O3/c1-17(2,3)23-16(22)20-9-8-19(15(11-20)12-21)10-13-4-6-14(18)7-5-13/h4-7,15,21H,8-12H2,1-3H3/t15-/m0/s1. The van der Waals surface area contributed by atoms with Gasteiger partial charge in [-0.15, -0.1) is 0 Å². The largest absolute Gasteiger partial charge is 0.444 e. The van der Waals surface area contributed by atoms with E-state index < -0.39 is 5.60 Å². The minimum absolute atomic E-state index is 0.00683. The second-order valence-corrected chi connectivity index (χ2v) is 7.30. The third-order valence-corrected chi connectivity index (χ3v) is 4.02. The number of amides is 1. The molecule has 1 aromatic carbocycles. The number of carbonyl (C=O) groups excluding carboxylic acids is 1. The van der Waals surface area contributed by atoms with Gasteiger partial charge in [-0.3, -0.25) is 4.90 Å². The zero-order valence-electron chi connectivity index (χ0n) is 14.0. The molecule has 0 radical (unpaired) electrons. The Morgan fingerprint density at radius 3 is 2.52 bits per heavy atom. The molecule has 23 heavy (non-hydrogen) atoms. The van der Waals surface area contributed by atoms with Gasteiger partial charge in [0.25, 0.3) is 0 Å². The Morgan fingerprint density at radius 2 is 1.96 bits per heavy atom. The lowest BCUT2D eigenvalue weighted by Crippen LogP contribution is -2.56. The van der Waals surface area contributed by atoms with E-state index in [1.807, 2.05) is 45.0 Å². The maximum absolute atomic E-state index is 12.2. The van der Waals surface area contributed by atoms with Gasteiger partial charge >= 0.3 is 6.09 Å². The highest BCUT2D eigenvalue weighted by atomic mass is 35.5. The molecule has 0 bridgehead atoms. The fraction of sp³-hybridized carbons (Fsp3) is 0.588. The topological polar surface area (TPSA) is 53.0 Å². The van der Waals surface area contributed by atoms with Gasteiger partial charge in [0.05, 0.1) is 12.6 Å². The van der Waals surface area contributed by atoms with Gasteiger partial charge in [-0.1, -0.05) is 23.7 Å². The number of halogens is 1. The van der Waals surface area contributed by atoms with E-state index in [9.17, 15) is 9.90 Å². The molecule has 2 rings (SSSR count). The van der Waals surface area contributed by atoms with E-state index in [1.54, 1.807) is 4.90 Å². The lowest BCUT2D eigenvalue weighted by atomic mass is 10.1. The first-order valence-electron chi connectivity index (χ1n) is 7.86. The lowest BCUT2D eigenvalue weighted by molar-refractivity contribution is -0.00610. The summed E-state index contributed by atoms with van der Waals surface area (Å²) in [5, 5.41) is 10.4. The van der Waals surface area contributed by atoms with Gasteiger partial charge in [-0.25, -0.2) is 4.79 Å². The average molecular weight is 341 g/mol. The molecule has 0 unspecified atom stereocenters. The number of aliphatic hydroxyl groups excluding tert-OH is 1. The molecular weight excluding hydrogens is 316 g/mol. The van der Waals surface area contributed by atoms with Crippen LogP contribution in [0.3, 0.4) is 0 Å². The Balaban J connectivity index is 1.96. The molecule has 6 heteroatoms. The van der Waals surface area contributed by atoms with Gasteiger partial charge in [-0.2, -0.15) is 0 Å². The molecule has 0 saturated carbocycles. The minimum atomic E-state index is -0.508. The average Bonchev–Trinajstić information content (AvgIpc) is 2.48. The van der Waals surface area contributed by atoms with Crippen molar-refractivity contribution in [2.75, 3.05) is 26.2 Å². The molecule has 0 aromatic heterocycles. The molecule has 1 aromatic rings. The molecular formula is C17H25ClN2O3. The summed E-state index contributed by atoms with van der Waals surface area (Å²) < 4.78 is 5.41. The van der Waals surface area contributed by atoms with Crippen LogP contribution in [0.4, 0.5) is 4.79 Å². The van der Waals surface area contributed by atoms with Crippen LogP contribution in [0.25, 0.3) is 0 Å². The number of rotatable bonds is 3. The highest BCUT2D eigenvalue weighted by Gasteiger charge is 2.31. The van der Waals surface area contributed by atoms with Crippen molar-refractivity contribution in [3.63, 3.8) is 0 Å². The summed E-state index contributed by atoms with van der Waals surface area (Å²) in [6, 6.07) is 7.60. The van der Waals surface area contributed by atoms with Crippen LogP contribution in [0.2, 0.25) is 5.02 Å². The van der Waals surface area contributed by atoms with Crippen molar-refractivity contribution >= 4 is 17.7 Å². The van der Waals surface area contributed by atoms with Crippen molar-refractivity contribution in [3.8, 4) is 0 Å². The number of hydrogen-bond acceptors (Lipinski definition) is 4. The predicted molar refractivity (Wildman–Crippen MR) is 90.5 cm³/mol. The van der Waals surface area contributed by atoms with Crippen LogP contribution in [0.15, 0.2) is 24.3 Å². The normalized spacial score (nSPS) is 19.7. The Morgan fingerprint density at radius 1 is 1.30 bits per heavy atom. The minimum Gasteiger partial charge on any atom is -0.444 e. The molecule has 1 amide bonds. The van der Waals surface area contributed by atoms with Crippen molar-refractivity contribution in [2.45, 2.75) is 39.0 Å². The number of carbonyl (C=O) groups is 1. The van der Waals surface area contributed by atoms with Gasteiger partial charge < -0.3 is 14.7 Å². The lowest BCUT2D eigenvalue weighted by Gasteiger charge is -2.41. The van der Waals surface area contributed by atoms with Crippen LogP contribution in [-0.4, -0.2) is 58.9 Å². The van der Waals surface area contributed by atoms with Crippen molar-refractivity contribution in [2.24, 2.45) is 0 Å². The summed E-state index contributed by atoms with van der Waals surface area (Å²) in [5.74, 6) is 0. The fourth-order valence-corrected chi connectivity index (χ4v) is 2.72. The fourth-order valence-electron chi connectivity index (χ4n) is 2.59. The van der Waals surface area contributed by atoms with Crippen molar-refractivity contribution in [1.82, 2.24) is 9.80 Å². The molecule has 0 aliphatic carbocycles. The smallest absolute Gasteiger partial charge is 0.410 e. The second-order valence-electron chi connectivity index (χ2n) is 6.86. The Labute approximate surface area is 142 Å². The Kier molecular flexibility index (Phi) is 5.89. The summed E-state index contributed by atoms with van der Waals surface area (Å²) in [6.45, 7) is 8.06. The van der Waals surface area contributed by atoms with E-state index >= 15 is 0 Å². The first kappa shape index (κ1) is 18.0. The third-order valence-electron chi connectivity index (χ3n) is 3.77. The second kappa shape index (κ2) is 7.51. The molecule has 5 nitrogen and oxygen atoms in total. The number of ether oxygens (including phenoxy) is 1. The SMILES string of the molecule is CC(C)(C)OC(=O)N1CCN(Cc2ccc(Cl)cc2)[C@H](CO)C1. The van der Waals surface area contributed by atoms with Crippen LogP contribution in [-0.2, 0) is 11.3 Å². The van der Waals surface area contributed by atoms with Crippen molar-refractivity contribution < 1.29 is 14.6 Å². The highest BCUT2D eigenvalue weighted by Crippen LogP contribution is 2.18. The Hall–Kier alpha value is -1.30. The van der Waals surface area contributed by atoms with Crippen LogP contribution in [0, 0.1) is 0 Å². The van der Waals surface area contributed by atoms with Crippen molar-refractivity contribution in [3.05, 3.63) is 34.9 Å². The zero-order chi connectivity index (χ0) is 17.0. The number of hydrogen-bond donors (Lipinski definition) is 1.